The molecule has 1 aliphatic carbocycles. The molecule has 1 amide bonds. The highest BCUT2D eigenvalue weighted by molar-refractivity contribution is 7.13. The highest BCUT2D eigenvalue weighted by Gasteiger charge is 2.38. The Balaban J connectivity index is 1.55. The molecular formula is C19H20N4OS. The first-order valence-electron chi connectivity index (χ1n) is 8.53. The summed E-state index contributed by atoms with van der Waals surface area (Å²) in [4.78, 5) is 17.6. The molecule has 1 fully saturated rings. The van der Waals surface area contributed by atoms with Crippen molar-refractivity contribution in [1.29, 1.82) is 0 Å². The summed E-state index contributed by atoms with van der Waals surface area (Å²) in [5, 5.41) is 9.65. The van der Waals surface area contributed by atoms with E-state index >= 15 is 0 Å². The highest BCUT2D eigenvalue weighted by Crippen LogP contribution is 2.37. The number of rotatable bonds is 6. The van der Waals surface area contributed by atoms with Crippen LogP contribution in [-0.4, -0.2) is 27.2 Å². The fourth-order valence-electron chi connectivity index (χ4n) is 3.04. The molecule has 4 rings (SSSR count). The topological polar surface area (TPSA) is 59.8 Å². The molecule has 5 nitrogen and oxygen atoms in total. The van der Waals surface area contributed by atoms with Gasteiger partial charge in [0, 0.05) is 24.2 Å². The van der Waals surface area contributed by atoms with Gasteiger partial charge >= 0.3 is 0 Å². The first-order valence-corrected chi connectivity index (χ1v) is 9.41. The van der Waals surface area contributed by atoms with E-state index in [0.29, 0.717) is 19.0 Å². The molecule has 6 heteroatoms. The third-order valence-electron chi connectivity index (χ3n) is 4.60. The Morgan fingerprint density at radius 2 is 2.24 bits per heavy atom. The predicted octanol–water partition coefficient (Wildman–Crippen LogP) is 3.45. The maximum Gasteiger partial charge on any atom is 0.223 e. The largest absolute Gasteiger partial charge is 0.354 e. The zero-order valence-corrected chi connectivity index (χ0v) is 14.9. The summed E-state index contributed by atoms with van der Waals surface area (Å²) in [5.41, 5.74) is 2.99. The summed E-state index contributed by atoms with van der Waals surface area (Å²) in [6.07, 6.45) is 4.67. The van der Waals surface area contributed by atoms with E-state index < -0.39 is 0 Å². The summed E-state index contributed by atoms with van der Waals surface area (Å²) in [6, 6.07) is 10.0. The Morgan fingerprint density at radius 3 is 2.92 bits per heavy atom. The number of hydrogen-bond acceptors (Lipinski definition) is 4. The molecule has 2 atom stereocenters. The van der Waals surface area contributed by atoms with Crippen molar-refractivity contribution >= 4 is 17.2 Å². The fraction of sp³-hybridized carbons (Fsp3) is 0.316. The number of hydrogen-bond donors (Lipinski definition) is 1. The van der Waals surface area contributed by atoms with Crippen LogP contribution < -0.4 is 5.32 Å². The van der Waals surface area contributed by atoms with Gasteiger partial charge in [-0.05, 0) is 35.9 Å². The minimum Gasteiger partial charge on any atom is -0.354 e. The summed E-state index contributed by atoms with van der Waals surface area (Å²) >= 11 is 1.68. The lowest BCUT2D eigenvalue weighted by Crippen LogP contribution is -2.29. The lowest BCUT2D eigenvalue weighted by atomic mass is 10.1. The Labute approximate surface area is 150 Å². The summed E-state index contributed by atoms with van der Waals surface area (Å²) in [5.74, 6) is 0.905. The zero-order chi connectivity index (χ0) is 17.2. The number of nitrogens with zero attached hydrogens (tertiary/aromatic N) is 3. The Morgan fingerprint density at radius 1 is 1.36 bits per heavy atom. The van der Waals surface area contributed by atoms with E-state index in [2.05, 4.69) is 33.8 Å². The minimum absolute atomic E-state index is 0.169. The van der Waals surface area contributed by atoms with Gasteiger partial charge in [-0.2, -0.15) is 5.10 Å². The first kappa shape index (κ1) is 16.0. The van der Waals surface area contributed by atoms with Gasteiger partial charge in [-0.25, -0.2) is 0 Å². The lowest BCUT2D eigenvalue weighted by Gasteiger charge is -2.09. The van der Waals surface area contributed by atoms with E-state index in [4.69, 9.17) is 0 Å². The highest BCUT2D eigenvalue weighted by atomic mass is 32.1. The van der Waals surface area contributed by atoms with Crippen molar-refractivity contribution in [2.75, 3.05) is 6.54 Å². The Bertz CT molecular complexity index is 857. The predicted molar refractivity (Wildman–Crippen MR) is 99.1 cm³/mol. The third-order valence-corrected chi connectivity index (χ3v) is 5.48. The molecule has 128 valence electrons. The van der Waals surface area contributed by atoms with Crippen molar-refractivity contribution in [3.8, 4) is 21.8 Å². The number of thiophene rings is 1. The van der Waals surface area contributed by atoms with E-state index in [0.717, 1.165) is 28.2 Å². The maximum atomic E-state index is 12.0. The van der Waals surface area contributed by atoms with Crippen molar-refractivity contribution < 1.29 is 4.79 Å². The van der Waals surface area contributed by atoms with Crippen LogP contribution in [0.2, 0.25) is 0 Å². The van der Waals surface area contributed by atoms with Gasteiger partial charge in [0.05, 0.1) is 29.0 Å². The van der Waals surface area contributed by atoms with E-state index in [1.54, 1.807) is 17.5 Å². The summed E-state index contributed by atoms with van der Waals surface area (Å²) in [7, 11) is 0. The quantitative estimate of drug-likeness (QED) is 0.739. The van der Waals surface area contributed by atoms with Crippen molar-refractivity contribution in [3.05, 3.63) is 48.1 Å². The molecule has 1 N–H and O–H groups in total. The minimum atomic E-state index is 0.169. The molecule has 0 bridgehead atoms. The van der Waals surface area contributed by atoms with Crippen molar-refractivity contribution in [3.63, 3.8) is 0 Å². The molecule has 3 aromatic rings. The van der Waals surface area contributed by atoms with Crippen molar-refractivity contribution in [1.82, 2.24) is 20.1 Å². The maximum absolute atomic E-state index is 12.0. The number of carbonyl (C=O) groups is 1. The van der Waals surface area contributed by atoms with Crippen LogP contribution in [0.15, 0.2) is 48.1 Å². The zero-order valence-electron chi connectivity index (χ0n) is 14.1. The molecule has 1 aliphatic rings. The molecule has 0 aliphatic heterocycles. The molecular weight excluding hydrogens is 332 g/mol. The van der Waals surface area contributed by atoms with Crippen LogP contribution >= 0.6 is 11.3 Å². The van der Waals surface area contributed by atoms with E-state index in [9.17, 15) is 4.79 Å². The number of amides is 1. The van der Waals surface area contributed by atoms with E-state index in [1.807, 2.05) is 35.1 Å². The molecule has 0 radical (unpaired) electrons. The second-order valence-corrected chi connectivity index (χ2v) is 7.38. The van der Waals surface area contributed by atoms with Gasteiger partial charge in [0.1, 0.15) is 0 Å². The smallest absolute Gasteiger partial charge is 0.223 e. The average molecular weight is 352 g/mol. The molecule has 0 aromatic carbocycles. The van der Waals surface area contributed by atoms with E-state index in [1.165, 1.54) is 0 Å². The lowest BCUT2D eigenvalue weighted by molar-refractivity contribution is -0.122. The van der Waals surface area contributed by atoms with Crippen molar-refractivity contribution in [2.24, 2.45) is 11.8 Å². The SMILES string of the molecule is C[C@H]1C[C@@H]1C(=O)NCCn1ncc(-c2ccccn2)c1-c1cccs1. The standard InChI is InChI=1S/C19H20N4OS/c1-13-11-14(13)19(24)21-8-9-23-18(17-6-4-10-25-17)15(12-22-23)16-5-2-3-7-20-16/h2-7,10,12-14H,8-9,11H2,1H3,(H,21,24)/t13-,14-/m0/s1. The van der Waals surface area contributed by atoms with Crippen molar-refractivity contribution in [2.45, 2.75) is 19.9 Å². The molecule has 0 unspecified atom stereocenters. The first-order chi connectivity index (χ1) is 12.2. The van der Waals surface area contributed by atoms with Gasteiger partial charge in [0.15, 0.2) is 0 Å². The number of nitrogens with one attached hydrogen (secondary N) is 1. The van der Waals surface area contributed by atoms with Crippen LogP contribution in [0.3, 0.4) is 0 Å². The number of pyridine rings is 1. The number of aromatic nitrogens is 3. The molecule has 25 heavy (non-hydrogen) atoms. The van der Waals surface area contributed by atoms with Gasteiger partial charge in [-0.1, -0.05) is 19.1 Å². The van der Waals surface area contributed by atoms with Crippen LogP contribution in [0.1, 0.15) is 13.3 Å². The van der Waals surface area contributed by atoms with Crippen LogP contribution in [-0.2, 0) is 11.3 Å². The molecule has 0 saturated heterocycles. The Kier molecular flexibility index (Phi) is 4.36. The second kappa shape index (κ2) is 6.80. The second-order valence-electron chi connectivity index (χ2n) is 6.43. The summed E-state index contributed by atoms with van der Waals surface area (Å²) < 4.78 is 1.96. The van der Waals surface area contributed by atoms with Gasteiger partial charge in [0.25, 0.3) is 0 Å². The van der Waals surface area contributed by atoms with Crippen LogP contribution in [0.4, 0.5) is 0 Å². The Hall–Kier alpha value is -2.47. The van der Waals surface area contributed by atoms with Crippen LogP contribution in [0.5, 0.6) is 0 Å². The van der Waals surface area contributed by atoms with Gasteiger partial charge in [-0.3, -0.25) is 14.5 Å². The van der Waals surface area contributed by atoms with Gasteiger partial charge in [-0.15, -0.1) is 11.3 Å². The molecule has 3 heterocycles. The monoisotopic (exact) mass is 352 g/mol. The molecule has 1 saturated carbocycles. The van der Waals surface area contributed by atoms with Gasteiger partial charge < -0.3 is 5.32 Å². The molecule has 3 aromatic heterocycles. The van der Waals surface area contributed by atoms with Gasteiger partial charge in [0.2, 0.25) is 5.91 Å². The molecule has 0 spiro atoms. The number of carbonyl (C=O) groups excluding carboxylic acids is 1. The summed E-state index contributed by atoms with van der Waals surface area (Å²) in [6.45, 7) is 3.35. The van der Waals surface area contributed by atoms with Crippen LogP contribution in [0.25, 0.3) is 21.8 Å². The third kappa shape index (κ3) is 3.35. The average Bonchev–Trinajstić information content (AvgIpc) is 3.04. The normalized spacial score (nSPS) is 18.9. The van der Waals surface area contributed by atoms with E-state index in [-0.39, 0.29) is 11.8 Å². The fourth-order valence-corrected chi connectivity index (χ4v) is 3.83. The van der Waals surface area contributed by atoms with Crippen LogP contribution in [0, 0.1) is 11.8 Å².